The Bertz CT molecular complexity index is 277. The third-order valence-electron chi connectivity index (χ3n) is 1.35. The predicted molar refractivity (Wildman–Crippen MR) is 41.3 cm³/mol. The van der Waals surface area contributed by atoms with Crippen LogP contribution in [0, 0.1) is 6.92 Å². The van der Waals surface area contributed by atoms with Crippen molar-refractivity contribution in [2.75, 3.05) is 0 Å². The molecule has 10 heavy (non-hydrogen) atoms. The first-order valence-electron chi connectivity index (χ1n) is 3.08. The standard InChI is InChI=1S/C6H7N3S/c1-4-9-5-2-7-8-3-6(5)10-4/h2,8H,3H2,1H3. The Labute approximate surface area is 62.8 Å². The maximum absolute atomic E-state index is 4.28. The highest BCUT2D eigenvalue weighted by molar-refractivity contribution is 7.11. The summed E-state index contributed by atoms with van der Waals surface area (Å²) < 4.78 is 0. The maximum Gasteiger partial charge on any atom is 0.0993 e. The van der Waals surface area contributed by atoms with Crippen molar-refractivity contribution in [2.24, 2.45) is 5.10 Å². The Balaban J connectivity index is 2.53. The van der Waals surface area contributed by atoms with Gasteiger partial charge in [0.15, 0.2) is 0 Å². The lowest BCUT2D eigenvalue weighted by molar-refractivity contribution is 0.742. The van der Waals surface area contributed by atoms with E-state index in [1.807, 2.05) is 6.92 Å². The molecule has 1 aromatic heterocycles. The van der Waals surface area contributed by atoms with Gasteiger partial charge in [-0.2, -0.15) is 5.10 Å². The minimum atomic E-state index is 0.831. The lowest BCUT2D eigenvalue weighted by Crippen LogP contribution is -2.11. The second-order valence-electron chi connectivity index (χ2n) is 2.13. The third kappa shape index (κ3) is 0.806. The van der Waals surface area contributed by atoms with Gasteiger partial charge >= 0.3 is 0 Å². The fourth-order valence-electron chi connectivity index (χ4n) is 0.937. The SMILES string of the molecule is Cc1nc2c(s1)CNN=C2. The molecule has 52 valence electrons. The molecule has 0 radical (unpaired) electrons. The van der Waals surface area contributed by atoms with Crippen molar-refractivity contribution in [3.63, 3.8) is 0 Å². The average Bonchev–Trinajstić information content (AvgIpc) is 2.27. The number of aromatic nitrogens is 1. The van der Waals surface area contributed by atoms with E-state index < -0.39 is 0 Å². The molecule has 1 aliphatic rings. The molecule has 0 bridgehead atoms. The summed E-state index contributed by atoms with van der Waals surface area (Å²) in [5, 5.41) is 5.01. The lowest BCUT2D eigenvalue weighted by Gasteiger charge is -2.02. The zero-order valence-corrected chi connectivity index (χ0v) is 6.40. The van der Waals surface area contributed by atoms with Gasteiger partial charge in [-0.1, -0.05) is 0 Å². The van der Waals surface area contributed by atoms with Crippen LogP contribution in [-0.4, -0.2) is 11.2 Å². The minimum absolute atomic E-state index is 0.831. The van der Waals surface area contributed by atoms with Crippen LogP contribution in [0.15, 0.2) is 5.10 Å². The number of aryl methyl sites for hydroxylation is 1. The Morgan fingerprint density at radius 2 is 2.60 bits per heavy atom. The fourth-order valence-corrected chi connectivity index (χ4v) is 1.78. The topological polar surface area (TPSA) is 37.3 Å². The van der Waals surface area contributed by atoms with Gasteiger partial charge in [0.2, 0.25) is 0 Å². The van der Waals surface area contributed by atoms with E-state index in [-0.39, 0.29) is 0 Å². The second-order valence-corrected chi connectivity index (χ2v) is 3.42. The first-order valence-corrected chi connectivity index (χ1v) is 3.90. The van der Waals surface area contributed by atoms with Gasteiger partial charge in [0.1, 0.15) is 0 Å². The zero-order chi connectivity index (χ0) is 6.97. The van der Waals surface area contributed by atoms with Gasteiger partial charge in [-0.15, -0.1) is 11.3 Å². The lowest BCUT2D eigenvalue weighted by atomic mass is 10.3. The molecule has 1 N–H and O–H groups in total. The maximum atomic E-state index is 4.28. The molecule has 4 heteroatoms. The normalized spacial score (nSPS) is 14.5. The summed E-state index contributed by atoms with van der Waals surface area (Å²) >= 11 is 1.73. The Kier molecular flexibility index (Phi) is 1.20. The van der Waals surface area contributed by atoms with Crippen LogP contribution in [0.4, 0.5) is 0 Å². The summed E-state index contributed by atoms with van der Waals surface area (Å²) in [5.74, 6) is 0. The van der Waals surface area contributed by atoms with Crippen LogP contribution in [0.1, 0.15) is 15.6 Å². The van der Waals surface area contributed by atoms with Crippen molar-refractivity contribution < 1.29 is 0 Å². The summed E-state index contributed by atoms with van der Waals surface area (Å²) in [6, 6.07) is 0. The van der Waals surface area contributed by atoms with Crippen LogP contribution in [-0.2, 0) is 6.54 Å². The molecule has 2 heterocycles. The molecule has 2 rings (SSSR count). The molecule has 0 amide bonds. The van der Waals surface area contributed by atoms with E-state index in [0.717, 1.165) is 17.2 Å². The van der Waals surface area contributed by atoms with Gasteiger partial charge in [0.05, 0.1) is 28.3 Å². The van der Waals surface area contributed by atoms with Gasteiger partial charge in [-0.3, -0.25) is 0 Å². The van der Waals surface area contributed by atoms with Gasteiger partial charge in [0.25, 0.3) is 0 Å². The van der Waals surface area contributed by atoms with Crippen LogP contribution in [0.3, 0.4) is 0 Å². The Hall–Kier alpha value is -0.900. The molecule has 3 nitrogen and oxygen atoms in total. The zero-order valence-electron chi connectivity index (χ0n) is 5.59. The third-order valence-corrected chi connectivity index (χ3v) is 2.34. The van der Waals surface area contributed by atoms with Gasteiger partial charge in [0, 0.05) is 0 Å². The molecule has 1 aliphatic heterocycles. The average molecular weight is 153 g/mol. The molecule has 0 aromatic carbocycles. The highest BCUT2D eigenvalue weighted by Gasteiger charge is 2.08. The first kappa shape index (κ1) is 5.85. The smallest absolute Gasteiger partial charge is 0.0993 e. The van der Waals surface area contributed by atoms with Crippen LogP contribution in [0.2, 0.25) is 0 Å². The van der Waals surface area contributed by atoms with Crippen LogP contribution in [0.5, 0.6) is 0 Å². The molecule has 0 fully saturated rings. The van der Waals surface area contributed by atoms with Crippen LogP contribution in [0.25, 0.3) is 0 Å². The van der Waals surface area contributed by atoms with Crippen molar-refractivity contribution in [3.8, 4) is 0 Å². The molecule has 0 saturated carbocycles. The van der Waals surface area contributed by atoms with Crippen molar-refractivity contribution >= 4 is 17.6 Å². The van der Waals surface area contributed by atoms with Gasteiger partial charge < -0.3 is 5.43 Å². The number of rotatable bonds is 0. The van der Waals surface area contributed by atoms with E-state index in [1.54, 1.807) is 17.6 Å². The van der Waals surface area contributed by atoms with Crippen molar-refractivity contribution in [1.82, 2.24) is 10.4 Å². The molecular weight excluding hydrogens is 146 g/mol. The quantitative estimate of drug-likeness (QED) is 0.601. The van der Waals surface area contributed by atoms with Crippen molar-refractivity contribution in [1.29, 1.82) is 0 Å². The molecule has 0 saturated heterocycles. The van der Waals surface area contributed by atoms with E-state index in [0.29, 0.717) is 0 Å². The Morgan fingerprint density at radius 1 is 1.70 bits per heavy atom. The largest absolute Gasteiger partial charge is 0.305 e. The molecule has 0 spiro atoms. The Morgan fingerprint density at radius 3 is 3.40 bits per heavy atom. The van der Waals surface area contributed by atoms with E-state index in [1.165, 1.54) is 4.88 Å². The van der Waals surface area contributed by atoms with Crippen molar-refractivity contribution in [3.05, 3.63) is 15.6 Å². The van der Waals surface area contributed by atoms with E-state index in [2.05, 4.69) is 15.5 Å². The monoisotopic (exact) mass is 153 g/mol. The van der Waals surface area contributed by atoms with Crippen LogP contribution < -0.4 is 5.43 Å². The number of nitrogens with one attached hydrogen (secondary N) is 1. The minimum Gasteiger partial charge on any atom is -0.305 e. The molecule has 1 aromatic rings. The summed E-state index contributed by atoms with van der Waals surface area (Å²) in [4.78, 5) is 5.57. The number of hydrogen-bond donors (Lipinski definition) is 1. The molecular formula is C6H7N3S. The summed E-state index contributed by atoms with van der Waals surface area (Å²) in [5.41, 5.74) is 3.92. The predicted octanol–water partition coefficient (Wildman–Crippen LogP) is 0.889. The molecule has 0 aliphatic carbocycles. The van der Waals surface area contributed by atoms with E-state index >= 15 is 0 Å². The fraction of sp³-hybridized carbons (Fsp3) is 0.333. The summed E-state index contributed by atoms with van der Waals surface area (Å²) in [7, 11) is 0. The van der Waals surface area contributed by atoms with Crippen LogP contribution >= 0.6 is 11.3 Å². The number of hydrazone groups is 1. The van der Waals surface area contributed by atoms with E-state index in [9.17, 15) is 0 Å². The van der Waals surface area contributed by atoms with Gasteiger partial charge in [-0.05, 0) is 6.92 Å². The number of fused-ring (bicyclic) bond motifs is 1. The summed E-state index contributed by atoms with van der Waals surface area (Å²) in [6.07, 6.45) is 1.77. The highest BCUT2D eigenvalue weighted by Crippen LogP contribution is 2.17. The first-order chi connectivity index (χ1) is 4.86. The van der Waals surface area contributed by atoms with Crippen molar-refractivity contribution in [2.45, 2.75) is 13.5 Å². The number of thiazole rings is 1. The number of hydrogen-bond acceptors (Lipinski definition) is 4. The number of nitrogens with zero attached hydrogens (tertiary/aromatic N) is 2. The second kappa shape index (κ2) is 2.05. The highest BCUT2D eigenvalue weighted by atomic mass is 32.1. The molecule has 0 atom stereocenters. The summed E-state index contributed by atoms with van der Waals surface area (Å²) in [6.45, 7) is 2.84. The van der Waals surface area contributed by atoms with Gasteiger partial charge in [-0.25, -0.2) is 4.98 Å². The molecule has 0 unspecified atom stereocenters. The van der Waals surface area contributed by atoms with E-state index in [4.69, 9.17) is 0 Å².